The molecule has 2 atom stereocenters. The molecule has 134 valence electrons. The number of rotatable bonds is 2. The number of H-pyrrole nitrogens is 1. The van der Waals surface area contributed by atoms with Gasteiger partial charge in [-0.25, -0.2) is 0 Å². The Morgan fingerprint density at radius 3 is 2.73 bits per heavy atom. The van der Waals surface area contributed by atoms with Crippen LogP contribution < -0.4 is 5.32 Å². The average molecular weight is 352 g/mol. The molecule has 3 fully saturated rings. The van der Waals surface area contributed by atoms with E-state index in [1.54, 1.807) is 16.8 Å². The highest BCUT2D eigenvalue weighted by Gasteiger charge is 2.66. The first kappa shape index (κ1) is 15.4. The van der Waals surface area contributed by atoms with E-state index >= 15 is 0 Å². The van der Waals surface area contributed by atoms with Crippen LogP contribution in [0.2, 0.25) is 0 Å². The molecule has 7 nitrogen and oxygen atoms in total. The van der Waals surface area contributed by atoms with Crippen molar-refractivity contribution in [1.29, 1.82) is 0 Å². The van der Waals surface area contributed by atoms with E-state index in [-0.39, 0.29) is 24.3 Å². The van der Waals surface area contributed by atoms with Gasteiger partial charge in [-0.15, -0.1) is 0 Å². The van der Waals surface area contributed by atoms with Crippen LogP contribution in [0.5, 0.6) is 0 Å². The number of benzene rings is 1. The summed E-state index contributed by atoms with van der Waals surface area (Å²) in [5.41, 5.74) is 1.46. The first-order valence-electron chi connectivity index (χ1n) is 8.94. The molecule has 2 N–H and O–H groups in total. The number of nitrogens with one attached hydrogen (secondary N) is 2. The fourth-order valence-electron chi connectivity index (χ4n) is 4.65. The molecule has 0 unspecified atom stereocenters. The van der Waals surface area contributed by atoms with Crippen LogP contribution in [0.25, 0.3) is 10.9 Å². The number of hydrogen-bond acceptors (Lipinski definition) is 3. The number of aromatic nitrogens is 1. The lowest BCUT2D eigenvalue weighted by molar-refractivity contribution is -0.168. The van der Waals surface area contributed by atoms with Crippen molar-refractivity contribution in [2.75, 3.05) is 13.6 Å². The standard InChI is InChI=1S/C19H20N4O3/c1-22-18(26)14(8-11-9-20-13-5-3-2-4-12(11)13)23-15(24)10-21-17(25)16(23)19(22)6-7-19/h2-5,9,14,16,20H,6-8,10H2,1H3,(H,21,25)/t14-,16-/m0/s1. The van der Waals surface area contributed by atoms with Gasteiger partial charge in [0.1, 0.15) is 12.1 Å². The maximum atomic E-state index is 13.1. The van der Waals surface area contributed by atoms with Gasteiger partial charge in [-0.1, -0.05) is 18.2 Å². The van der Waals surface area contributed by atoms with E-state index < -0.39 is 17.6 Å². The minimum Gasteiger partial charge on any atom is -0.361 e. The minimum absolute atomic E-state index is 0.0349. The van der Waals surface area contributed by atoms with Crippen molar-refractivity contribution >= 4 is 28.6 Å². The molecule has 0 radical (unpaired) electrons. The summed E-state index contributed by atoms with van der Waals surface area (Å²) in [6.07, 6.45) is 3.82. The van der Waals surface area contributed by atoms with Crippen LogP contribution >= 0.6 is 0 Å². The maximum absolute atomic E-state index is 13.1. The Balaban J connectivity index is 1.57. The normalized spacial score (nSPS) is 27.0. The van der Waals surface area contributed by atoms with Crippen LogP contribution in [0.1, 0.15) is 18.4 Å². The molecule has 0 bridgehead atoms. The van der Waals surface area contributed by atoms with E-state index in [1.165, 1.54) is 0 Å². The van der Waals surface area contributed by atoms with Crippen LogP contribution in [0.3, 0.4) is 0 Å². The number of para-hydroxylation sites is 1. The van der Waals surface area contributed by atoms with E-state index in [2.05, 4.69) is 10.3 Å². The van der Waals surface area contributed by atoms with Crippen LogP contribution in [0, 0.1) is 0 Å². The van der Waals surface area contributed by atoms with Gasteiger partial charge in [0.2, 0.25) is 17.7 Å². The second-order valence-corrected chi connectivity index (χ2v) is 7.50. The summed E-state index contributed by atoms with van der Waals surface area (Å²) < 4.78 is 0. The number of likely N-dealkylation sites (N-methyl/N-ethyl adjacent to an activating group) is 1. The highest BCUT2D eigenvalue weighted by Crippen LogP contribution is 2.50. The van der Waals surface area contributed by atoms with Gasteiger partial charge >= 0.3 is 0 Å². The number of piperazine rings is 2. The quantitative estimate of drug-likeness (QED) is 0.821. The summed E-state index contributed by atoms with van der Waals surface area (Å²) in [5.74, 6) is -0.398. The lowest BCUT2D eigenvalue weighted by Gasteiger charge is -2.51. The molecule has 7 heteroatoms. The van der Waals surface area contributed by atoms with Crippen molar-refractivity contribution in [1.82, 2.24) is 20.1 Å². The Hall–Kier alpha value is -2.83. The molecule has 3 amide bonds. The average Bonchev–Trinajstić information content (AvgIpc) is 3.34. The first-order chi connectivity index (χ1) is 12.5. The number of carbonyl (C=O) groups excluding carboxylic acids is 3. The molecule has 2 aliphatic heterocycles. The second-order valence-electron chi connectivity index (χ2n) is 7.50. The zero-order valence-corrected chi connectivity index (χ0v) is 14.5. The van der Waals surface area contributed by atoms with Crippen molar-refractivity contribution in [3.05, 3.63) is 36.0 Å². The van der Waals surface area contributed by atoms with Crippen molar-refractivity contribution in [3.8, 4) is 0 Å². The SMILES string of the molecule is CN1C(=O)[C@H](Cc2c[nH]c3ccccc23)N2C(=O)CNC(=O)[C@H]2C12CC2. The molecule has 1 aromatic carbocycles. The third-order valence-corrected chi connectivity index (χ3v) is 6.21. The largest absolute Gasteiger partial charge is 0.361 e. The summed E-state index contributed by atoms with van der Waals surface area (Å²) in [4.78, 5) is 44.9. The summed E-state index contributed by atoms with van der Waals surface area (Å²) in [6, 6.07) is 6.66. The van der Waals surface area contributed by atoms with Crippen molar-refractivity contribution in [3.63, 3.8) is 0 Å². The number of amides is 3. The minimum atomic E-state index is -0.644. The molecule has 1 aliphatic carbocycles. The van der Waals surface area contributed by atoms with E-state index in [0.717, 1.165) is 29.3 Å². The zero-order valence-electron chi connectivity index (χ0n) is 14.5. The highest BCUT2D eigenvalue weighted by atomic mass is 16.2. The molecule has 3 heterocycles. The fourth-order valence-corrected chi connectivity index (χ4v) is 4.65. The lowest BCUT2D eigenvalue weighted by atomic mass is 9.89. The van der Waals surface area contributed by atoms with Crippen LogP contribution in [-0.2, 0) is 20.8 Å². The predicted molar refractivity (Wildman–Crippen MR) is 94.2 cm³/mol. The van der Waals surface area contributed by atoms with Gasteiger partial charge < -0.3 is 20.1 Å². The number of hydrogen-bond donors (Lipinski definition) is 2. The Morgan fingerprint density at radius 1 is 1.19 bits per heavy atom. The van der Waals surface area contributed by atoms with Gasteiger partial charge in [0.15, 0.2) is 0 Å². The summed E-state index contributed by atoms with van der Waals surface area (Å²) in [7, 11) is 1.77. The third-order valence-electron chi connectivity index (χ3n) is 6.21. The van der Waals surface area contributed by atoms with Crippen molar-refractivity contribution < 1.29 is 14.4 Å². The predicted octanol–water partition coefficient (Wildman–Crippen LogP) is 0.411. The summed E-state index contributed by atoms with van der Waals surface area (Å²) in [5, 5.41) is 3.74. The van der Waals surface area contributed by atoms with Gasteiger partial charge in [0.05, 0.1) is 12.1 Å². The zero-order chi connectivity index (χ0) is 18.1. The molecule has 3 aliphatic rings. The van der Waals surface area contributed by atoms with Crippen LogP contribution in [0.15, 0.2) is 30.5 Å². The molecule has 2 aromatic rings. The highest BCUT2D eigenvalue weighted by molar-refractivity contribution is 6.02. The number of carbonyl (C=O) groups is 3. The molecule has 1 aromatic heterocycles. The van der Waals surface area contributed by atoms with Gasteiger partial charge in [-0.2, -0.15) is 0 Å². The van der Waals surface area contributed by atoms with Gasteiger partial charge in [-0.05, 0) is 24.5 Å². The molecule has 2 saturated heterocycles. The first-order valence-corrected chi connectivity index (χ1v) is 8.94. The summed E-state index contributed by atoms with van der Waals surface area (Å²) in [6.45, 7) is -0.0349. The van der Waals surface area contributed by atoms with Crippen molar-refractivity contribution in [2.24, 2.45) is 0 Å². The van der Waals surface area contributed by atoms with E-state index in [4.69, 9.17) is 0 Å². The van der Waals surface area contributed by atoms with Gasteiger partial charge in [0, 0.05) is 30.6 Å². The Bertz CT molecular complexity index is 945. The van der Waals surface area contributed by atoms with Crippen LogP contribution in [-0.4, -0.2) is 63.7 Å². The molecular weight excluding hydrogens is 332 g/mol. The van der Waals surface area contributed by atoms with E-state index in [9.17, 15) is 14.4 Å². The van der Waals surface area contributed by atoms with Crippen LogP contribution in [0.4, 0.5) is 0 Å². The number of fused-ring (bicyclic) bond motifs is 3. The lowest BCUT2D eigenvalue weighted by Crippen LogP contribution is -2.75. The van der Waals surface area contributed by atoms with E-state index in [0.29, 0.717) is 6.42 Å². The number of aromatic amines is 1. The summed E-state index contributed by atoms with van der Waals surface area (Å²) >= 11 is 0. The third kappa shape index (κ3) is 1.91. The molecule has 26 heavy (non-hydrogen) atoms. The fraction of sp³-hybridized carbons (Fsp3) is 0.421. The second kappa shape index (κ2) is 5.09. The Morgan fingerprint density at radius 2 is 1.96 bits per heavy atom. The number of nitrogens with zero attached hydrogens (tertiary/aromatic N) is 2. The molecule has 1 spiro atoms. The van der Waals surface area contributed by atoms with Gasteiger partial charge in [0.25, 0.3) is 0 Å². The maximum Gasteiger partial charge on any atom is 0.246 e. The molecule has 5 rings (SSSR count). The van der Waals surface area contributed by atoms with E-state index in [1.807, 2.05) is 30.5 Å². The van der Waals surface area contributed by atoms with Gasteiger partial charge in [-0.3, -0.25) is 14.4 Å². The Labute approximate surface area is 150 Å². The topological polar surface area (TPSA) is 85.5 Å². The Kier molecular flexibility index (Phi) is 3.02. The molecule has 1 saturated carbocycles. The monoisotopic (exact) mass is 352 g/mol. The van der Waals surface area contributed by atoms with Crippen molar-refractivity contribution in [2.45, 2.75) is 36.9 Å². The molecular formula is C19H20N4O3. The smallest absolute Gasteiger partial charge is 0.246 e.